The number of hydrogen-bond acceptors (Lipinski definition) is 4. The van der Waals surface area contributed by atoms with Crippen LogP contribution in [0.25, 0.3) is 5.65 Å². The van der Waals surface area contributed by atoms with Gasteiger partial charge in [-0.1, -0.05) is 11.6 Å². The summed E-state index contributed by atoms with van der Waals surface area (Å²) in [6, 6.07) is 1.58. The fourth-order valence-electron chi connectivity index (χ4n) is 1.07. The van der Waals surface area contributed by atoms with E-state index in [2.05, 4.69) is 15.2 Å². The van der Waals surface area contributed by atoms with E-state index in [0.29, 0.717) is 16.6 Å². The van der Waals surface area contributed by atoms with Crippen LogP contribution < -0.4 is 0 Å². The third-order valence-corrected chi connectivity index (χ3v) is 1.87. The molecule has 0 saturated heterocycles. The van der Waals surface area contributed by atoms with E-state index in [1.54, 1.807) is 17.4 Å². The first kappa shape index (κ1) is 8.40. The molecule has 1 N–H and O–H groups in total. The van der Waals surface area contributed by atoms with Crippen LogP contribution in [-0.2, 0) is 0 Å². The maximum Gasteiger partial charge on any atom is 0.167 e. The van der Waals surface area contributed by atoms with Gasteiger partial charge in [-0.3, -0.25) is 4.40 Å². The normalized spacial score (nSPS) is 13.5. The molecule has 0 radical (unpaired) electrons. The van der Waals surface area contributed by atoms with Crippen LogP contribution in [0.3, 0.4) is 0 Å². The Hall–Kier alpha value is -1.20. The number of rotatable bonds is 1. The van der Waals surface area contributed by atoms with Gasteiger partial charge < -0.3 is 5.11 Å². The van der Waals surface area contributed by atoms with Gasteiger partial charge in [0.05, 0.1) is 0 Å². The first-order valence-corrected chi connectivity index (χ1v) is 4.10. The topological polar surface area (TPSA) is 63.3 Å². The Kier molecular flexibility index (Phi) is 1.90. The molecule has 5 nitrogen and oxygen atoms in total. The molecule has 0 fully saturated rings. The van der Waals surface area contributed by atoms with E-state index in [1.807, 2.05) is 0 Å². The number of aliphatic hydroxyl groups is 1. The molecule has 2 aromatic heterocycles. The second-order valence-corrected chi connectivity index (χ2v) is 3.06. The van der Waals surface area contributed by atoms with E-state index in [-0.39, 0.29) is 0 Å². The molecule has 0 spiro atoms. The summed E-state index contributed by atoms with van der Waals surface area (Å²) in [7, 11) is 0. The lowest BCUT2D eigenvalue weighted by molar-refractivity contribution is 0.187. The predicted molar refractivity (Wildman–Crippen MR) is 46.4 cm³/mol. The summed E-state index contributed by atoms with van der Waals surface area (Å²) in [6.45, 7) is 1.62. The molecule has 0 aliphatic rings. The highest BCUT2D eigenvalue weighted by atomic mass is 35.5. The van der Waals surface area contributed by atoms with Crippen molar-refractivity contribution in [2.24, 2.45) is 0 Å². The largest absolute Gasteiger partial charge is 0.385 e. The molecule has 0 saturated carbocycles. The van der Waals surface area contributed by atoms with Crippen LogP contribution >= 0.6 is 11.6 Å². The molecule has 0 aromatic carbocycles. The Balaban J connectivity index is 2.69. The van der Waals surface area contributed by atoms with Gasteiger partial charge in [0.15, 0.2) is 11.5 Å². The Morgan fingerprint density at radius 1 is 1.54 bits per heavy atom. The third kappa shape index (κ3) is 1.36. The quantitative estimate of drug-likeness (QED) is 0.690. The van der Waals surface area contributed by atoms with Crippen molar-refractivity contribution in [3.63, 3.8) is 0 Å². The van der Waals surface area contributed by atoms with Crippen LogP contribution in [0.15, 0.2) is 12.4 Å². The van der Waals surface area contributed by atoms with E-state index in [0.717, 1.165) is 0 Å². The van der Waals surface area contributed by atoms with Crippen molar-refractivity contribution in [3.05, 3.63) is 23.4 Å². The summed E-state index contributed by atoms with van der Waals surface area (Å²) < 4.78 is 1.59. The zero-order chi connectivity index (χ0) is 9.42. The van der Waals surface area contributed by atoms with E-state index < -0.39 is 6.10 Å². The van der Waals surface area contributed by atoms with Crippen LogP contribution in [-0.4, -0.2) is 24.7 Å². The number of aliphatic hydroxyl groups excluding tert-OH is 1. The zero-order valence-corrected chi connectivity index (χ0v) is 7.60. The Labute approximate surface area is 79.0 Å². The molecule has 2 rings (SSSR count). The summed E-state index contributed by atoms with van der Waals surface area (Å²) in [5, 5.41) is 17.3. The standard InChI is InChI=1S/C7H7ClN4O/c1-4(13)7-11-10-6-2-5(8)9-3-12(6)7/h2-4,13H,1H3. The van der Waals surface area contributed by atoms with Crippen LogP contribution in [0, 0.1) is 0 Å². The number of aromatic nitrogens is 4. The average molecular weight is 199 g/mol. The summed E-state index contributed by atoms with van der Waals surface area (Å²) in [5.41, 5.74) is 0.580. The zero-order valence-electron chi connectivity index (χ0n) is 6.85. The number of fused-ring (bicyclic) bond motifs is 1. The molecule has 68 valence electrons. The minimum absolute atomic E-state index is 0.358. The molecule has 0 bridgehead atoms. The monoisotopic (exact) mass is 198 g/mol. The molecule has 6 heteroatoms. The first-order chi connectivity index (χ1) is 6.18. The average Bonchev–Trinajstić information content (AvgIpc) is 2.46. The van der Waals surface area contributed by atoms with E-state index >= 15 is 0 Å². The molecule has 1 unspecified atom stereocenters. The van der Waals surface area contributed by atoms with Gasteiger partial charge in [-0.05, 0) is 6.92 Å². The maximum atomic E-state index is 9.30. The molecule has 0 aliphatic heterocycles. The number of halogens is 1. The first-order valence-electron chi connectivity index (χ1n) is 3.72. The van der Waals surface area contributed by atoms with Crippen molar-refractivity contribution in [1.29, 1.82) is 0 Å². The van der Waals surface area contributed by atoms with Gasteiger partial charge >= 0.3 is 0 Å². The highest BCUT2D eigenvalue weighted by Gasteiger charge is 2.10. The summed E-state index contributed by atoms with van der Waals surface area (Å²) >= 11 is 5.65. The van der Waals surface area contributed by atoms with E-state index in [1.165, 1.54) is 6.33 Å². The van der Waals surface area contributed by atoms with Crippen LogP contribution in [0.4, 0.5) is 0 Å². The van der Waals surface area contributed by atoms with Crippen LogP contribution in [0.5, 0.6) is 0 Å². The van der Waals surface area contributed by atoms with Gasteiger partial charge in [0.1, 0.15) is 17.6 Å². The molecular weight excluding hydrogens is 192 g/mol. The van der Waals surface area contributed by atoms with Crippen molar-refractivity contribution in [1.82, 2.24) is 19.6 Å². The maximum absolute atomic E-state index is 9.30. The molecule has 0 amide bonds. The van der Waals surface area contributed by atoms with E-state index in [9.17, 15) is 5.11 Å². The Morgan fingerprint density at radius 3 is 3.00 bits per heavy atom. The minimum Gasteiger partial charge on any atom is -0.385 e. The summed E-state index contributed by atoms with van der Waals surface area (Å²) in [4.78, 5) is 3.86. The van der Waals surface area contributed by atoms with Gasteiger partial charge in [0, 0.05) is 6.07 Å². The van der Waals surface area contributed by atoms with Crippen LogP contribution in [0.1, 0.15) is 18.9 Å². The number of nitrogens with zero attached hydrogens (tertiary/aromatic N) is 4. The van der Waals surface area contributed by atoms with Crippen molar-refractivity contribution in [2.45, 2.75) is 13.0 Å². The lowest BCUT2D eigenvalue weighted by Gasteiger charge is -2.00. The van der Waals surface area contributed by atoms with Crippen molar-refractivity contribution < 1.29 is 5.11 Å². The fraction of sp³-hybridized carbons (Fsp3) is 0.286. The van der Waals surface area contributed by atoms with Gasteiger partial charge in [0.25, 0.3) is 0 Å². The molecule has 0 aliphatic carbocycles. The van der Waals surface area contributed by atoms with Gasteiger partial charge in [0.2, 0.25) is 0 Å². The smallest absolute Gasteiger partial charge is 0.167 e. The van der Waals surface area contributed by atoms with E-state index in [4.69, 9.17) is 11.6 Å². The Bertz CT molecular complexity index is 439. The third-order valence-electron chi connectivity index (χ3n) is 1.67. The lowest BCUT2D eigenvalue weighted by atomic mass is 10.4. The predicted octanol–water partition coefficient (Wildman–Crippen LogP) is 0.831. The van der Waals surface area contributed by atoms with Gasteiger partial charge in [-0.15, -0.1) is 10.2 Å². The van der Waals surface area contributed by atoms with Gasteiger partial charge in [-0.2, -0.15) is 0 Å². The summed E-state index contributed by atoms with van der Waals surface area (Å²) in [5.74, 6) is 0.458. The second-order valence-electron chi connectivity index (χ2n) is 2.67. The molecule has 2 aromatic rings. The van der Waals surface area contributed by atoms with Gasteiger partial charge in [-0.25, -0.2) is 4.98 Å². The molecule has 1 atom stereocenters. The molecule has 2 heterocycles. The lowest BCUT2D eigenvalue weighted by Crippen LogP contribution is -1.99. The second kappa shape index (κ2) is 2.93. The molecule has 13 heavy (non-hydrogen) atoms. The highest BCUT2D eigenvalue weighted by Crippen LogP contribution is 2.12. The molecular formula is C7H7ClN4O. The fourth-order valence-corrected chi connectivity index (χ4v) is 1.22. The Morgan fingerprint density at radius 2 is 2.31 bits per heavy atom. The summed E-state index contributed by atoms with van der Waals surface area (Å²) in [6.07, 6.45) is 0.817. The van der Waals surface area contributed by atoms with Crippen LogP contribution in [0.2, 0.25) is 5.15 Å². The number of hydrogen-bond donors (Lipinski definition) is 1. The van der Waals surface area contributed by atoms with Crippen molar-refractivity contribution in [3.8, 4) is 0 Å². The SMILES string of the molecule is CC(O)c1nnc2cc(Cl)ncn12. The van der Waals surface area contributed by atoms with Crippen molar-refractivity contribution in [2.75, 3.05) is 0 Å². The minimum atomic E-state index is -0.669. The van der Waals surface area contributed by atoms with Crippen molar-refractivity contribution >= 4 is 17.2 Å². The highest BCUT2D eigenvalue weighted by molar-refractivity contribution is 6.29.